The van der Waals surface area contributed by atoms with Gasteiger partial charge in [0.1, 0.15) is 0 Å². The Labute approximate surface area is 394 Å². The molecule has 0 amide bonds. The molecule has 3 heterocycles. The number of pyridine rings is 1. The molecule has 4 nitrogen and oxygen atoms in total. The fourth-order valence-corrected chi connectivity index (χ4v) is 11.4. The standard InChI is InChI=1S/C64H40N4/c1-4-18-41(19-5-1)53-40-65-68-61(44-22-8-3-9-23-44)60(51-27-10-11-28-52(51)62(53)68)43-32-34-45(35-33-43)63-66-58(42-20-6-2-7-21-42)39-59(67-63)46-36-37-50-49-26-14-17-31-56(49)64(57(50)38-46)54-29-15-12-24-47(54)48-25-13-16-30-55(48)64/h1-40H. The third-order valence-electron chi connectivity index (χ3n) is 14.3. The summed E-state index contributed by atoms with van der Waals surface area (Å²) in [6.07, 6.45) is 2.01. The summed E-state index contributed by atoms with van der Waals surface area (Å²) in [5, 5.41) is 7.44. The molecule has 0 radical (unpaired) electrons. The van der Waals surface area contributed by atoms with Gasteiger partial charge in [-0.05, 0) is 73.2 Å². The Bertz CT molecular complexity index is 3880. The van der Waals surface area contributed by atoms with Crippen LogP contribution in [0.15, 0.2) is 243 Å². The normalized spacial score (nSPS) is 12.8. The minimum atomic E-state index is -0.450. The van der Waals surface area contributed by atoms with Crippen LogP contribution >= 0.6 is 0 Å². The number of fused-ring (bicyclic) bond motifs is 13. The molecule has 12 aromatic rings. The van der Waals surface area contributed by atoms with Crippen molar-refractivity contribution in [3.63, 3.8) is 0 Å². The molecular formula is C64H40N4. The van der Waals surface area contributed by atoms with E-state index in [0.717, 1.165) is 77.9 Å². The highest BCUT2D eigenvalue weighted by Crippen LogP contribution is 2.63. The van der Waals surface area contributed by atoms with Crippen LogP contribution in [-0.4, -0.2) is 19.6 Å². The molecule has 9 aromatic carbocycles. The first-order valence-corrected chi connectivity index (χ1v) is 23.3. The summed E-state index contributed by atoms with van der Waals surface area (Å²) in [5.41, 5.74) is 22.4. The van der Waals surface area contributed by atoms with Crippen LogP contribution in [0.3, 0.4) is 0 Å². The molecule has 68 heavy (non-hydrogen) atoms. The third kappa shape index (κ3) is 5.58. The Hall–Kier alpha value is -8.99. The Kier molecular flexibility index (Phi) is 8.46. The van der Waals surface area contributed by atoms with Crippen molar-refractivity contribution in [2.75, 3.05) is 0 Å². The fourth-order valence-electron chi connectivity index (χ4n) is 11.4. The Morgan fingerprint density at radius 2 is 0.794 bits per heavy atom. The summed E-state index contributed by atoms with van der Waals surface area (Å²) >= 11 is 0. The van der Waals surface area contributed by atoms with Gasteiger partial charge in [0.15, 0.2) is 5.82 Å². The molecule has 2 aliphatic carbocycles. The number of rotatable bonds is 6. The second kappa shape index (κ2) is 15.0. The van der Waals surface area contributed by atoms with Gasteiger partial charge in [0.05, 0.1) is 34.2 Å². The van der Waals surface area contributed by atoms with Crippen LogP contribution in [0, 0.1) is 0 Å². The topological polar surface area (TPSA) is 43.1 Å². The average molecular weight is 865 g/mol. The summed E-state index contributed by atoms with van der Waals surface area (Å²) < 4.78 is 2.14. The van der Waals surface area contributed by atoms with Gasteiger partial charge in [0.25, 0.3) is 0 Å². The zero-order valence-corrected chi connectivity index (χ0v) is 36.9. The molecule has 316 valence electrons. The monoisotopic (exact) mass is 864 g/mol. The van der Waals surface area contributed by atoms with Crippen LogP contribution in [0.4, 0.5) is 0 Å². The summed E-state index contributed by atoms with van der Waals surface area (Å²) in [6.45, 7) is 0. The first kappa shape index (κ1) is 38.3. The van der Waals surface area contributed by atoms with Gasteiger partial charge in [0, 0.05) is 38.8 Å². The van der Waals surface area contributed by atoms with Crippen LogP contribution in [0.25, 0.3) is 106 Å². The molecule has 0 saturated heterocycles. The van der Waals surface area contributed by atoms with Crippen molar-refractivity contribution >= 4 is 16.3 Å². The second-order valence-corrected chi connectivity index (χ2v) is 17.9. The lowest BCUT2D eigenvalue weighted by Crippen LogP contribution is -2.25. The van der Waals surface area contributed by atoms with Crippen LogP contribution in [0.1, 0.15) is 22.3 Å². The Morgan fingerprint density at radius 1 is 0.324 bits per heavy atom. The van der Waals surface area contributed by atoms with Crippen molar-refractivity contribution < 1.29 is 0 Å². The van der Waals surface area contributed by atoms with Gasteiger partial charge in [-0.1, -0.05) is 224 Å². The zero-order valence-electron chi connectivity index (χ0n) is 36.9. The van der Waals surface area contributed by atoms with Gasteiger partial charge in [-0.25, -0.2) is 14.5 Å². The summed E-state index contributed by atoms with van der Waals surface area (Å²) in [5.74, 6) is 0.672. The lowest BCUT2D eigenvalue weighted by atomic mass is 9.70. The quantitative estimate of drug-likeness (QED) is 0.167. The molecule has 3 aromatic heterocycles. The molecule has 1 spiro atoms. The van der Waals surface area contributed by atoms with Crippen LogP contribution in [-0.2, 0) is 5.41 Å². The zero-order chi connectivity index (χ0) is 44.8. The van der Waals surface area contributed by atoms with E-state index in [2.05, 4.69) is 241 Å². The molecule has 0 fully saturated rings. The van der Waals surface area contributed by atoms with Crippen LogP contribution in [0.2, 0.25) is 0 Å². The van der Waals surface area contributed by atoms with E-state index < -0.39 is 5.41 Å². The number of hydrogen-bond donors (Lipinski definition) is 0. The maximum absolute atomic E-state index is 5.44. The predicted molar refractivity (Wildman–Crippen MR) is 277 cm³/mol. The predicted octanol–water partition coefficient (Wildman–Crippen LogP) is 15.6. The number of nitrogens with zero attached hydrogens (tertiary/aromatic N) is 4. The van der Waals surface area contributed by atoms with E-state index in [-0.39, 0.29) is 0 Å². The molecule has 0 N–H and O–H groups in total. The van der Waals surface area contributed by atoms with Gasteiger partial charge >= 0.3 is 0 Å². The highest BCUT2D eigenvalue weighted by atomic mass is 15.2. The molecule has 14 rings (SSSR count). The Balaban J connectivity index is 0.945. The molecule has 0 bridgehead atoms. The van der Waals surface area contributed by atoms with E-state index in [1.54, 1.807) is 0 Å². The molecular weight excluding hydrogens is 825 g/mol. The number of hydrogen-bond acceptors (Lipinski definition) is 3. The van der Waals surface area contributed by atoms with E-state index in [9.17, 15) is 0 Å². The van der Waals surface area contributed by atoms with Gasteiger partial charge < -0.3 is 0 Å². The van der Waals surface area contributed by atoms with Gasteiger partial charge in [-0.15, -0.1) is 0 Å². The van der Waals surface area contributed by atoms with Crippen molar-refractivity contribution in [3.8, 4) is 89.7 Å². The SMILES string of the molecule is c1ccc(-c2cc(-c3ccc4c(c3)C3(c5ccccc5-c5ccccc53)c3ccccc3-4)nc(-c3ccc(-c4c(-c5ccccc5)n5ncc(-c6ccccc6)c5c5ccccc45)cc3)n2)cc1. The van der Waals surface area contributed by atoms with Gasteiger partial charge in [-0.2, -0.15) is 5.10 Å². The van der Waals surface area contributed by atoms with Crippen LogP contribution in [0.5, 0.6) is 0 Å². The minimum Gasteiger partial charge on any atom is -0.231 e. The van der Waals surface area contributed by atoms with Crippen LogP contribution < -0.4 is 0 Å². The van der Waals surface area contributed by atoms with E-state index in [4.69, 9.17) is 15.1 Å². The van der Waals surface area contributed by atoms with Crippen molar-refractivity contribution in [2.24, 2.45) is 0 Å². The van der Waals surface area contributed by atoms with E-state index in [1.165, 1.54) is 44.5 Å². The number of benzene rings is 9. The lowest BCUT2D eigenvalue weighted by Gasteiger charge is -2.30. The summed E-state index contributed by atoms with van der Waals surface area (Å²) in [6, 6.07) is 85.2. The highest BCUT2D eigenvalue weighted by Gasteiger charge is 2.51. The number of aromatic nitrogens is 4. The third-order valence-corrected chi connectivity index (χ3v) is 14.3. The molecule has 4 heteroatoms. The lowest BCUT2D eigenvalue weighted by molar-refractivity contribution is 0.794. The maximum Gasteiger partial charge on any atom is 0.160 e. The van der Waals surface area contributed by atoms with E-state index >= 15 is 0 Å². The fraction of sp³-hybridized carbons (Fsp3) is 0.0156. The molecule has 2 aliphatic rings. The smallest absolute Gasteiger partial charge is 0.160 e. The first-order chi connectivity index (χ1) is 33.7. The van der Waals surface area contributed by atoms with Crippen molar-refractivity contribution in [3.05, 3.63) is 265 Å². The molecule has 0 unspecified atom stereocenters. The first-order valence-electron chi connectivity index (χ1n) is 23.3. The summed E-state index contributed by atoms with van der Waals surface area (Å²) in [4.78, 5) is 10.7. The van der Waals surface area contributed by atoms with E-state index in [1.807, 2.05) is 6.20 Å². The maximum atomic E-state index is 5.44. The van der Waals surface area contributed by atoms with Crippen molar-refractivity contribution in [2.45, 2.75) is 5.41 Å². The second-order valence-electron chi connectivity index (χ2n) is 17.9. The van der Waals surface area contributed by atoms with Gasteiger partial charge in [-0.3, -0.25) is 0 Å². The molecule has 0 saturated carbocycles. The highest BCUT2D eigenvalue weighted by molar-refractivity contribution is 6.13. The molecule has 0 aliphatic heterocycles. The van der Waals surface area contributed by atoms with Gasteiger partial charge in [0.2, 0.25) is 0 Å². The summed E-state index contributed by atoms with van der Waals surface area (Å²) in [7, 11) is 0. The van der Waals surface area contributed by atoms with Crippen molar-refractivity contribution in [1.82, 2.24) is 19.6 Å². The van der Waals surface area contributed by atoms with Crippen molar-refractivity contribution in [1.29, 1.82) is 0 Å². The Morgan fingerprint density at radius 3 is 1.41 bits per heavy atom. The largest absolute Gasteiger partial charge is 0.231 e. The average Bonchev–Trinajstić information content (AvgIpc) is 4.09. The minimum absolute atomic E-state index is 0.450. The molecule has 0 atom stereocenters. The van der Waals surface area contributed by atoms with E-state index in [0.29, 0.717) is 5.82 Å².